The molecule has 1 aromatic heterocycles. The Bertz CT molecular complexity index is 685. The van der Waals surface area contributed by atoms with Crippen molar-refractivity contribution in [3.05, 3.63) is 52.8 Å². The van der Waals surface area contributed by atoms with Gasteiger partial charge in [0, 0.05) is 18.8 Å². The second-order valence-electron chi connectivity index (χ2n) is 4.94. The van der Waals surface area contributed by atoms with Gasteiger partial charge in [0.25, 0.3) is 0 Å². The minimum Gasteiger partial charge on any atom is -0.293 e. The van der Waals surface area contributed by atoms with Gasteiger partial charge in [-0.2, -0.15) is 5.10 Å². The molecule has 0 N–H and O–H groups in total. The summed E-state index contributed by atoms with van der Waals surface area (Å²) in [6.45, 7) is 1.79. The summed E-state index contributed by atoms with van der Waals surface area (Å²) in [5.74, 6) is -0.768. The Labute approximate surface area is 111 Å². The summed E-state index contributed by atoms with van der Waals surface area (Å²) in [5.41, 5.74) is 2.87. The van der Waals surface area contributed by atoms with Crippen LogP contribution in [0.4, 0.5) is 0 Å². The van der Waals surface area contributed by atoms with Gasteiger partial charge >= 0.3 is 0 Å². The second-order valence-corrected chi connectivity index (χ2v) is 4.94. The zero-order chi connectivity index (χ0) is 13.6. The van der Waals surface area contributed by atoms with Gasteiger partial charge in [-0.15, -0.1) is 0 Å². The van der Waals surface area contributed by atoms with E-state index in [4.69, 9.17) is 0 Å². The molecular formula is C15H14N2O2. The number of Topliss-reactive ketones (excluding diaryl/α,β-unsaturated/α-hetero) is 2. The average molecular weight is 254 g/mol. The van der Waals surface area contributed by atoms with Gasteiger partial charge in [0.2, 0.25) is 0 Å². The van der Waals surface area contributed by atoms with E-state index in [0.29, 0.717) is 23.2 Å². The maximum Gasteiger partial charge on any atom is 0.177 e. The summed E-state index contributed by atoms with van der Waals surface area (Å²) in [6, 6.07) is 7.44. The van der Waals surface area contributed by atoms with E-state index in [1.54, 1.807) is 30.9 Å². The van der Waals surface area contributed by atoms with Gasteiger partial charge < -0.3 is 0 Å². The number of ketones is 2. The van der Waals surface area contributed by atoms with E-state index in [0.717, 1.165) is 5.56 Å². The third-order valence-electron chi connectivity index (χ3n) is 3.62. The summed E-state index contributed by atoms with van der Waals surface area (Å²) in [6.07, 6.45) is 2.19. The normalized spacial score (nSPS) is 17.6. The van der Waals surface area contributed by atoms with E-state index in [1.807, 2.05) is 18.2 Å². The monoisotopic (exact) mass is 254 g/mol. The number of hydrogen-bond acceptors (Lipinski definition) is 3. The van der Waals surface area contributed by atoms with Gasteiger partial charge in [0.15, 0.2) is 11.6 Å². The Morgan fingerprint density at radius 2 is 2.11 bits per heavy atom. The van der Waals surface area contributed by atoms with Gasteiger partial charge in [0.1, 0.15) is 0 Å². The first kappa shape index (κ1) is 11.8. The van der Waals surface area contributed by atoms with Crippen LogP contribution in [-0.2, 0) is 13.5 Å². The molecule has 0 amide bonds. The minimum atomic E-state index is -0.583. The Kier molecular flexibility index (Phi) is 2.59. The highest BCUT2D eigenvalue weighted by Gasteiger charge is 2.36. The lowest BCUT2D eigenvalue weighted by atomic mass is 9.94. The van der Waals surface area contributed by atoms with Crippen molar-refractivity contribution < 1.29 is 9.59 Å². The predicted octanol–water partition coefficient (Wildman–Crippen LogP) is 1.97. The molecule has 1 atom stereocenters. The number of aromatic nitrogens is 2. The van der Waals surface area contributed by atoms with Crippen LogP contribution < -0.4 is 0 Å². The minimum absolute atomic E-state index is 0.0659. The van der Waals surface area contributed by atoms with Crippen LogP contribution in [0.1, 0.15) is 32.0 Å². The van der Waals surface area contributed by atoms with E-state index in [9.17, 15) is 9.59 Å². The molecule has 0 aliphatic heterocycles. The molecule has 1 aliphatic rings. The Morgan fingerprint density at radius 3 is 2.74 bits per heavy atom. The highest BCUT2D eigenvalue weighted by atomic mass is 16.2. The topological polar surface area (TPSA) is 52.0 Å². The highest BCUT2D eigenvalue weighted by molar-refractivity contribution is 6.18. The van der Waals surface area contributed by atoms with Gasteiger partial charge in [-0.3, -0.25) is 14.3 Å². The molecule has 0 spiro atoms. The molecule has 0 bridgehead atoms. The quantitative estimate of drug-likeness (QED) is 0.608. The van der Waals surface area contributed by atoms with Gasteiger partial charge in [-0.1, -0.05) is 24.3 Å². The summed E-state index contributed by atoms with van der Waals surface area (Å²) in [5, 5.41) is 4.16. The molecule has 4 nitrogen and oxygen atoms in total. The number of rotatable bonds is 2. The fourth-order valence-corrected chi connectivity index (χ4v) is 2.68. The van der Waals surface area contributed by atoms with E-state index < -0.39 is 5.92 Å². The van der Waals surface area contributed by atoms with Crippen molar-refractivity contribution in [3.8, 4) is 0 Å². The lowest BCUT2D eigenvalue weighted by Gasteiger charge is -2.05. The van der Waals surface area contributed by atoms with Crippen LogP contribution in [0.5, 0.6) is 0 Å². The van der Waals surface area contributed by atoms with Crippen LogP contribution in [0.3, 0.4) is 0 Å². The Balaban J connectivity index is 1.96. The van der Waals surface area contributed by atoms with E-state index in [2.05, 4.69) is 5.10 Å². The molecule has 1 aromatic carbocycles. The van der Waals surface area contributed by atoms with Crippen molar-refractivity contribution in [3.63, 3.8) is 0 Å². The molecule has 0 saturated heterocycles. The first-order valence-corrected chi connectivity index (χ1v) is 6.24. The first-order valence-electron chi connectivity index (χ1n) is 6.24. The molecule has 1 aliphatic carbocycles. The van der Waals surface area contributed by atoms with E-state index in [-0.39, 0.29) is 11.6 Å². The zero-order valence-electron chi connectivity index (χ0n) is 10.9. The number of carbonyl (C=O) groups is 2. The summed E-state index contributed by atoms with van der Waals surface area (Å²) >= 11 is 0. The Morgan fingerprint density at radius 1 is 1.37 bits per heavy atom. The summed E-state index contributed by atoms with van der Waals surface area (Å²) in [4.78, 5) is 24.8. The smallest absolute Gasteiger partial charge is 0.177 e. The third-order valence-corrected chi connectivity index (χ3v) is 3.62. The molecule has 2 aromatic rings. The Hall–Kier alpha value is -2.23. The fraction of sp³-hybridized carbons (Fsp3) is 0.267. The number of benzene rings is 1. The van der Waals surface area contributed by atoms with Crippen molar-refractivity contribution in [2.75, 3.05) is 0 Å². The van der Waals surface area contributed by atoms with Gasteiger partial charge in [0.05, 0.1) is 17.2 Å². The van der Waals surface area contributed by atoms with Crippen LogP contribution in [0.15, 0.2) is 30.5 Å². The van der Waals surface area contributed by atoms with Crippen molar-refractivity contribution in [1.82, 2.24) is 9.78 Å². The molecule has 1 unspecified atom stereocenters. The van der Waals surface area contributed by atoms with Crippen LogP contribution in [0, 0.1) is 12.8 Å². The van der Waals surface area contributed by atoms with E-state index >= 15 is 0 Å². The number of carbonyl (C=O) groups excluding carboxylic acids is 2. The number of fused-ring (bicyclic) bond motifs is 1. The molecule has 4 heteroatoms. The van der Waals surface area contributed by atoms with Crippen LogP contribution in [0.2, 0.25) is 0 Å². The largest absolute Gasteiger partial charge is 0.293 e. The molecule has 19 heavy (non-hydrogen) atoms. The van der Waals surface area contributed by atoms with Crippen LogP contribution in [-0.4, -0.2) is 21.3 Å². The summed E-state index contributed by atoms with van der Waals surface area (Å²) < 4.78 is 1.61. The molecule has 0 radical (unpaired) electrons. The van der Waals surface area contributed by atoms with Gasteiger partial charge in [-0.25, -0.2) is 0 Å². The average Bonchev–Trinajstić information content (AvgIpc) is 2.90. The number of hydrogen-bond donors (Lipinski definition) is 0. The van der Waals surface area contributed by atoms with Crippen molar-refractivity contribution in [1.29, 1.82) is 0 Å². The number of aryl methyl sites for hydroxylation is 2. The standard InChI is InChI=1S/C15H14N2O2/c1-9-13(8-17(2)16-9)15(19)12-7-10-5-3-4-6-11(10)14(12)18/h3-6,8,12H,7H2,1-2H3. The number of nitrogens with zero attached hydrogens (tertiary/aromatic N) is 2. The van der Waals surface area contributed by atoms with Crippen molar-refractivity contribution in [2.45, 2.75) is 13.3 Å². The van der Waals surface area contributed by atoms with Gasteiger partial charge in [-0.05, 0) is 18.9 Å². The first-order chi connectivity index (χ1) is 9.08. The zero-order valence-corrected chi connectivity index (χ0v) is 10.9. The van der Waals surface area contributed by atoms with Crippen molar-refractivity contribution >= 4 is 11.6 Å². The molecule has 3 rings (SSSR count). The second kappa shape index (κ2) is 4.16. The SMILES string of the molecule is Cc1nn(C)cc1C(=O)C1Cc2ccccc2C1=O. The maximum atomic E-state index is 12.5. The molecule has 1 heterocycles. The highest BCUT2D eigenvalue weighted by Crippen LogP contribution is 2.29. The lowest BCUT2D eigenvalue weighted by Crippen LogP contribution is -2.21. The third kappa shape index (κ3) is 1.80. The van der Waals surface area contributed by atoms with Crippen LogP contribution >= 0.6 is 0 Å². The molecule has 0 fully saturated rings. The molecule has 0 saturated carbocycles. The predicted molar refractivity (Wildman–Crippen MR) is 70.2 cm³/mol. The van der Waals surface area contributed by atoms with Crippen LogP contribution in [0.25, 0.3) is 0 Å². The molecule has 96 valence electrons. The fourth-order valence-electron chi connectivity index (χ4n) is 2.68. The lowest BCUT2D eigenvalue weighted by molar-refractivity contribution is 0.0822. The van der Waals surface area contributed by atoms with Crippen molar-refractivity contribution in [2.24, 2.45) is 13.0 Å². The molecular weight excluding hydrogens is 240 g/mol. The maximum absolute atomic E-state index is 12.5. The van der Waals surface area contributed by atoms with E-state index in [1.165, 1.54) is 0 Å². The summed E-state index contributed by atoms with van der Waals surface area (Å²) in [7, 11) is 1.77.